The molecule has 0 saturated carbocycles. The van der Waals surface area contributed by atoms with Gasteiger partial charge in [-0.2, -0.15) is 0 Å². The summed E-state index contributed by atoms with van der Waals surface area (Å²) in [6, 6.07) is 18.5. The number of benzene rings is 4. The molecule has 0 saturated heterocycles. The zero-order chi connectivity index (χ0) is 32.7. The lowest BCUT2D eigenvalue weighted by Crippen LogP contribution is -3.10. The van der Waals surface area contributed by atoms with Crippen LogP contribution in [-0.2, 0) is 25.7 Å². The third kappa shape index (κ3) is 5.48. The highest BCUT2D eigenvalue weighted by Crippen LogP contribution is 2.54. The number of nitrogens with zero attached hydrogens (tertiary/aromatic N) is 1. The van der Waals surface area contributed by atoms with Crippen LogP contribution in [0.4, 0.5) is 0 Å². The van der Waals surface area contributed by atoms with E-state index in [1.807, 2.05) is 18.2 Å². The first-order chi connectivity index (χ1) is 23.0. The van der Waals surface area contributed by atoms with Gasteiger partial charge in [-0.25, -0.2) is 0 Å². The molecule has 9 heteroatoms. The average Bonchev–Trinajstić information content (AvgIpc) is 3.09. The second kappa shape index (κ2) is 12.7. The van der Waals surface area contributed by atoms with Crippen LogP contribution in [0.2, 0.25) is 0 Å². The fourth-order valence-electron chi connectivity index (χ4n) is 7.18. The Bertz CT molecular complexity index is 1850. The third-order valence-corrected chi connectivity index (χ3v) is 9.57. The van der Waals surface area contributed by atoms with Gasteiger partial charge in [0, 0.05) is 42.6 Å². The molecule has 0 aliphatic carbocycles. The lowest BCUT2D eigenvalue weighted by atomic mass is 9.86. The highest BCUT2D eigenvalue weighted by Gasteiger charge is 2.39. The van der Waals surface area contributed by atoms with E-state index in [0.717, 1.165) is 65.2 Å². The molecule has 8 rings (SSSR count). The zero-order valence-corrected chi connectivity index (χ0v) is 27.8. The van der Waals surface area contributed by atoms with Crippen molar-refractivity contribution >= 4 is 5.71 Å². The Morgan fingerprint density at radius 3 is 2.17 bits per heavy atom. The van der Waals surface area contributed by atoms with Gasteiger partial charge < -0.3 is 38.1 Å². The second-order valence-corrected chi connectivity index (χ2v) is 12.2. The first kappa shape index (κ1) is 30.7. The predicted octanol–water partition coefficient (Wildman–Crippen LogP) is 5.57. The molecule has 9 nitrogen and oxygen atoms in total. The molecule has 0 radical (unpaired) electrons. The van der Waals surface area contributed by atoms with Crippen molar-refractivity contribution in [3.63, 3.8) is 0 Å². The van der Waals surface area contributed by atoms with E-state index >= 15 is 0 Å². The van der Waals surface area contributed by atoms with Crippen molar-refractivity contribution in [2.45, 2.75) is 31.7 Å². The minimum absolute atomic E-state index is 0.0115. The van der Waals surface area contributed by atoms with E-state index in [9.17, 15) is 0 Å². The summed E-state index contributed by atoms with van der Waals surface area (Å²) < 4.78 is 43.2. The van der Waals surface area contributed by atoms with Crippen molar-refractivity contribution in [2.75, 3.05) is 55.7 Å². The monoisotopic (exact) mass is 637 g/mol. The SMILES string of the molecule is COc1ccc2cc1Oc1ccc(cc1)CC1=NCCc3cc(OC)c(cc31)Oc1c(OC)c(OC)c(OC)c3c1C(C2)[NH+](C)CC3. The largest absolute Gasteiger partial charge is 0.493 e. The molecule has 0 spiro atoms. The van der Waals surface area contributed by atoms with E-state index < -0.39 is 0 Å². The Morgan fingerprint density at radius 1 is 0.723 bits per heavy atom. The predicted molar refractivity (Wildman–Crippen MR) is 179 cm³/mol. The van der Waals surface area contributed by atoms with Crippen LogP contribution in [-0.4, -0.2) is 61.4 Å². The van der Waals surface area contributed by atoms with E-state index in [2.05, 4.69) is 43.4 Å². The molecule has 2 unspecified atom stereocenters. The molecule has 4 aliphatic rings. The third-order valence-electron chi connectivity index (χ3n) is 9.57. The fourth-order valence-corrected chi connectivity index (χ4v) is 7.18. The van der Waals surface area contributed by atoms with Crippen LogP contribution < -0.4 is 38.1 Å². The van der Waals surface area contributed by atoms with Gasteiger partial charge in [0.2, 0.25) is 11.5 Å². The highest BCUT2D eigenvalue weighted by atomic mass is 16.6. The molecule has 0 aromatic heterocycles. The van der Waals surface area contributed by atoms with Gasteiger partial charge in [-0.05, 0) is 59.5 Å². The molecular formula is C38H41N2O7+. The maximum Gasteiger partial charge on any atom is 0.208 e. The lowest BCUT2D eigenvalue weighted by molar-refractivity contribution is -0.914. The summed E-state index contributed by atoms with van der Waals surface area (Å²) in [7, 11) is 10.5. The van der Waals surface area contributed by atoms with Gasteiger partial charge in [0.1, 0.15) is 11.8 Å². The Kier molecular flexibility index (Phi) is 8.32. The molecule has 47 heavy (non-hydrogen) atoms. The standard InChI is InChI=1S/C38H40N2O7/c1-40-16-14-26-34-29(40)18-23-9-12-30(41-2)32(19-23)46-25-10-7-22(8-11-25)17-28-27-21-33(31(42-3)20-24(27)13-15-39-28)47-36(34)38(45-6)37(44-5)35(26)43-4/h7-12,19-21,29H,13-18H2,1-6H3/p+1. The number of aliphatic imine (C=N–C) groups is 1. The molecule has 244 valence electrons. The van der Waals surface area contributed by atoms with E-state index in [0.29, 0.717) is 58.8 Å². The smallest absolute Gasteiger partial charge is 0.208 e. The van der Waals surface area contributed by atoms with Gasteiger partial charge in [0.25, 0.3) is 0 Å². The Balaban J connectivity index is 1.50. The molecule has 4 heterocycles. The Morgan fingerprint density at radius 2 is 1.45 bits per heavy atom. The van der Waals surface area contributed by atoms with Gasteiger partial charge in [-0.3, -0.25) is 4.99 Å². The maximum atomic E-state index is 7.01. The molecule has 6 bridgehead atoms. The minimum Gasteiger partial charge on any atom is -0.493 e. The van der Waals surface area contributed by atoms with Gasteiger partial charge in [-0.1, -0.05) is 18.2 Å². The molecule has 4 aromatic carbocycles. The summed E-state index contributed by atoms with van der Waals surface area (Å²) in [5.41, 5.74) is 7.55. The number of likely N-dealkylation sites (N-methyl/N-ethyl adjacent to an activating group) is 1. The number of ether oxygens (including phenoxy) is 7. The number of nitrogens with one attached hydrogen (secondary N) is 1. The normalized spacial score (nSPS) is 18.0. The topological polar surface area (TPSA) is 81.4 Å². The molecule has 4 aromatic rings. The van der Waals surface area contributed by atoms with Crippen molar-refractivity contribution in [3.05, 3.63) is 88.0 Å². The number of rotatable bonds is 5. The fraction of sp³-hybridized carbons (Fsp3) is 0.342. The second-order valence-electron chi connectivity index (χ2n) is 12.2. The van der Waals surface area contributed by atoms with Crippen molar-refractivity contribution in [1.82, 2.24) is 0 Å². The molecule has 4 aliphatic heterocycles. The van der Waals surface area contributed by atoms with E-state index in [-0.39, 0.29) is 6.04 Å². The molecule has 1 N–H and O–H groups in total. The van der Waals surface area contributed by atoms with E-state index in [1.165, 1.54) is 10.5 Å². The van der Waals surface area contributed by atoms with Crippen LogP contribution >= 0.6 is 0 Å². The summed E-state index contributed by atoms with van der Waals surface area (Å²) in [5, 5.41) is 0. The van der Waals surface area contributed by atoms with Gasteiger partial charge in [-0.15, -0.1) is 0 Å². The number of hydrogen-bond donors (Lipinski definition) is 1. The number of hydrogen-bond acceptors (Lipinski definition) is 8. The Hall–Kier alpha value is -4.89. The quantitative estimate of drug-likeness (QED) is 0.307. The van der Waals surface area contributed by atoms with Crippen LogP contribution in [0.3, 0.4) is 0 Å². The van der Waals surface area contributed by atoms with Crippen LogP contribution in [0.15, 0.2) is 59.6 Å². The van der Waals surface area contributed by atoms with E-state index in [4.69, 9.17) is 38.2 Å². The highest BCUT2D eigenvalue weighted by molar-refractivity contribution is 6.04. The van der Waals surface area contributed by atoms with Crippen molar-refractivity contribution in [1.29, 1.82) is 0 Å². The first-order valence-electron chi connectivity index (χ1n) is 16.0. The van der Waals surface area contributed by atoms with Crippen LogP contribution in [0.5, 0.6) is 51.7 Å². The average molecular weight is 638 g/mol. The summed E-state index contributed by atoms with van der Waals surface area (Å²) in [6.45, 7) is 1.62. The van der Waals surface area contributed by atoms with Crippen molar-refractivity contribution < 1.29 is 38.1 Å². The lowest BCUT2D eigenvalue weighted by Gasteiger charge is -2.35. The zero-order valence-electron chi connectivity index (χ0n) is 27.8. The number of methoxy groups -OCH3 is 5. The van der Waals surface area contributed by atoms with Crippen molar-refractivity contribution in [2.24, 2.45) is 4.99 Å². The summed E-state index contributed by atoms with van der Waals surface area (Å²) >= 11 is 0. The first-order valence-corrected chi connectivity index (χ1v) is 16.0. The molecule has 0 fully saturated rings. The van der Waals surface area contributed by atoms with Gasteiger partial charge >= 0.3 is 0 Å². The molecular weight excluding hydrogens is 596 g/mol. The molecule has 0 amide bonds. The Labute approximate surface area is 275 Å². The van der Waals surface area contributed by atoms with Crippen molar-refractivity contribution in [3.8, 4) is 51.7 Å². The molecule has 2 atom stereocenters. The van der Waals surface area contributed by atoms with Crippen LogP contribution in [0, 0.1) is 0 Å². The summed E-state index contributed by atoms with van der Waals surface area (Å²) in [5.74, 6) is 5.56. The summed E-state index contributed by atoms with van der Waals surface area (Å²) in [4.78, 5) is 6.31. The van der Waals surface area contributed by atoms with E-state index in [1.54, 1.807) is 35.5 Å². The number of fused-ring (bicyclic) bond motifs is 2. The summed E-state index contributed by atoms with van der Waals surface area (Å²) in [6.07, 6.45) is 2.98. The van der Waals surface area contributed by atoms with Gasteiger partial charge in [0.05, 0.1) is 54.7 Å². The maximum absolute atomic E-state index is 7.01. The van der Waals surface area contributed by atoms with Gasteiger partial charge in [0.15, 0.2) is 34.5 Å². The number of quaternary nitrogens is 1. The van der Waals surface area contributed by atoms with Crippen LogP contribution in [0.1, 0.15) is 39.4 Å². The van der Waals surface area contributed by atoms with Crippen LogP contribution in [0.25, 0.3) is 0 Å². The minimum atomic E-state index is -0.0115.